The highest BCUT2D eigenvalue weighted by molar-refractivity contribution is 7.85. The number of ether oxygens (including phenoxy) is 1. The van der Waals surface area contributed by atoms with Gasteiger partial charge in [-0.25, -0.2) is 0 Å². The first-order valence-corrected chi connectivity index (χ1v) is 19.1. The molecule has 0 radical (unpaired) electrons. The van der Waals surface area contributed by atoms with Crippen molar-refractivity contribution in [2.24, 2.45) is 0 Å². The molecule has 0 atom stereocenters. The first-order valence-electron chi connectivity index (χ1n) is 17.7. The number of aryl methyl sites for hydroxylation is 1. The van der Waals surface area contributed by atoms with E-state index in [0.29, 0.717) is 19.4 Å². The van der Waals surface area contributed by atoms with Gasteiger partial charge in [0.25, 0.3) is 10.1 Å². The van der Waals surface area contributed by atoms with Gasteiger partial charge in [0.1, 0.15) is 5.75 Å². The fourth-order valence-corrected chi connectivity index (χ4v) is 8.18. The molecule has 0 saturated heterocycles. The van der Waals surface area contributed by atoms with Crippen molar-refractivity contribution in [2.45, 2.75) is 73.1 Å². The Kier molecular flexibility index (Phi) is 10.5. The van der Waals surface area contributed by atoms with Crippen molar-refractivity contribution in [1.82, 2.24) is 9.97 Å². The molecule has 6 aromatic rings. The van der Waals surface area contributed by atoms with Gasteiger partial charge in [-0.1, -0.05) is 30.3 Å². The molecule has 2 heterocycles. The number of benzene rings is 4. The summed E-state index contributed by atoms with van der Waals surface area (Å²) >= 11 is 0. The van der Waals surface area contributed by atoms with Crippen molar-refractivity contribution in [2.75, 3.05) is 6.61 Å². The minimum Gasteiger partial charge on any atom is -0.492 e. The van der Waals surface area contributed by atoms with E-state index in [4.69, 9.17) is 4.74 Å². The molecule has 0 unspecified atom stereocenters. The fraction of sp³-hybridized carbons (Fsp3) is 0.244. The van der Waals surface area contributed by atoms with Gasteiger partial charge in [-0.05, 0) is 188 Å². The molecular weight excluding hydrogens is 665 g/mol. The summed E-state index contributed by atoms with van der Waals surface area (Å²) in [6, 6.07) is 21.2. The van der Waals surface area contributed by atoms with Crippen LogP contribution in [0.5, 0.6) is 5.75 Å². The number of rotatable bonds is 10. The van der Waals surface area contributed by atoms with Crippen LogP contribution in [0.4, 0.5) is 0 Å². The van der Waals surface area contributed by atoms with Gasteiger partial charge in [-0.2, -0.15) is 8.42 Å². The SMILES string of the molecule is Cc1c(C)c(-c2cccc(-c3c(C)c(C)c(-c4ccncc4)c(C)c3C)c2OCCCc2ccc(S(=O)(=O)O)cc2)c(C)c(C)c1-c1ccncc1. The van der Waals surface area contributed by atoms with Crippen LogP contribution in [0.25, 0.3) is 44.5 Å². The quantitative estimate of drug-likeness (QED) is 0.112. The minimum absolute atomic E-state index is 0.108. The predicted octanol–water partition coefficient (Wildman–Crippen LogP) is 10.9. The lowest BCUT2D eigenvalue weighted by Gasteiger charge is -2.26. The van der Waals surface area contributed by atoms with Crippen molar-refractivity contribution in [3.63, 3.8) is 0 Å². The third-order valence-corrected chi connectivity index (χ3v) is 11.7. The number of pyridine rings is 2. The van der Waals surface area contributed by atoms with E-state index in [-0.39, 0.29) is 4.90 Å². The molecule has 7 heteroatoms. The molecule has 0 amide bonds. The average molecular weight is 711 g/mol. The first-order chi connectivity index (χ1) is 24.8. The van der Waals surface area contributed by atoms with E-state index in [1.54, 1.807) is 12.1 Å². The zero-order valence-electron chi connectivity index (χ0n) is 31.3. The summed E-state index contributed by atoms with van der Waals surface area (Å²) in [4.78, 5) is 8.40. The van der Waals surface area contributed by atoms with Gasteiger partial charge in [-0.15, -0.1) is 0 Å². The Labute approximate surface area is 308 Å². The molecule has 0 aliphatic rings. The molecule has 4 aromatic carbocycles. The summed E-state index contributed by atoms with van der Waals surface area (Å²) in [5.41, 5.74) is 20.0. The third kappa shape index (κ3) is 6.91. The second-order valence-electron chi connectivity index (χ2n) is 13.7. The Hall–Kier alpha value is -5.11. The Balaban J connectivity index is 1.49. The summed E-state index contributed by atoms with van der Waals surface area (Å²) in [6.07, 6.45) is 8.79. The third-order valence-electron chi connectivity index (χ3n) is 10.8. The molecule has 266 valence electrons. The fourth-order valence-electron chi connectivity index (χ4n) is 7.70. The molecule has 0 aliphatic carbocycles. The number of hydrogen-bond donors (Lipinski definition) is 1. The number of hydrogen-bond acceptors (Lipinski definition) is 5. The highest BCUT2D eigenvalue weighted by atomic mass is 32.2. The van der Waals surface area contributed by atoms with Crippen LogP contribution >= 0.6 is 0 Å². The van der Waals surface area contributed by atoms with Crippen LogP contribution in [0.3, 0.4) is 0 Å². The van der Waals surface area contributed by atoms with Crippen LogP contribution in [0.15, 0.2) is 96.4 Å². The normalized spacial score (nSPS) is 11.6. The number of para-hydroxylation sites is 1. The van der Waals surface area contributed by atoms with Crippen LogP contribution < -0.4 is 4.74 Å². The standard InChI is InChI=1S/C45H46N2O4S/c1-27-31(5)43(32(6)28(2)41(27)36-18-22-46-23-19-36)39-12-9-13-40(45(39)51-26-10-11-35-14-16-38(17-15-35)52(48,49)50)44-33(7)29(3)42(30(4)34(44)8)37-20-24-47-25-21-37/h9,12-25H,10-11,26H2,1-8H3,(H,48,49,50). The Morgan fingerprint density at radius 3 is 1.31 bits per heavy atom. The van der Waals surface area contributed by atoms with Crippen LogP contribution in [0, 0.1) is 55.4 Å². The van der Waals surface area contributed by atoms with Crippen molar-refractivity contribution >= 4 is 10.1 Å². The van der Waals surface area contributed by atoms with E-state index in [1.807, 2.05) is 24.8 Å². The van der Waals surface area contributed by atoms with Crippen LogP contribution in [-0.2, 0) is 16.5 Å². The molecule has 0 saturated carbocycles. The van der Waals surface area contributed by atoms with E-state index in [9.17, 15) is 13.0 Å². The average Bonchev–Trinajstić information content (AvgIpc) is 3.13. The summed E-state index contributed by atoms with van der Waals surface area (Å²) in [5.74, 6) is 0.854. The van der Waals surface area contributed by atoms with Gasteiger partial charge in [0, 0.05) is 35.9 Å². The largest absolute Gasteiger partial charge is 0.492 e. The Morgan fingerprint density at radius 1 is 0.538 bits per heavy atom. The van der Waals surface area contributed by atoms with E-state index < -0.39 is 10.1 Å². The van der Waals surface area contributed by atoms with Crippen LogP contribution in [-0.4, -0.2) is 29.5 Å². The second-order valence-corrected chi connectivity index (χ2v) is 15.1. The first kappa shape index (κ1) is 36.7. The smallest absolute Gasteiger partial charge is 0.294 e. The molecular formula is C45H46N2O4S. The molecule has 0 spiro atoms. The zero-order valence-corrected chi connectivity index (χ0v) is 32.1. The van der Waals surface area contributed by atoms with Gasteiger partial charge < -0.3 is 4.74 Å². The van der Waals surface area contributed by atoms with Crippen molar-refractivity contribution < 1.29 is 17.7 Å². The van der Waals surface area contributed by atoms with Gasteiger partial charge in [0.2, 0.25) is 0 Å². The maximum absolute atomic E-state index is 11.6. The summed E-state index contributed by atoms with van der Waals surface area (Å²) in [7, 11) is -4.24. The van der Waals surface area contributed by atoms with Crippen LogP contribution in [0.2, 0.25) is 0 Å². The van der Waals surface area contributed by atoms with Crippen molar-refractivity contribution in [3.8, 4) is 50.3 Å². The Morgan fingerprint density at radius 2 is 0.923 bits per heavy atom. The maximum atomic E-state index is 11.6. The van der Waals surface area contributed by atoms with E-state index >= 15 is 0 Å². The van der Waals surface area contributed by atoms with Gasteiger partial charge in [0.05, 0.1) is 11.5 Å². The zero-order chi connectivity index (χ0) is 37.3. The predicted molar refractivity (Wildman–Crippen MR) is 212 cm³/mol. The minimum atomic E-state index is -4.24. The maximum Gasteiger partial charge on any atom is 0.294 e. The van der Waals surface area contributed by atoms with E-state index in [2.05, 4.69) is 108 Å². The lowest BCUT2D eigenvalue weighted by Crippen LogP contribution is -2.07. The van der Waals surface area contributed by atoms with Crippen molar-refractivity contribution in [3.05, 3.63) is 142 Å². The second kappa shape index (κ2) is 14.9. The lowest BCUT2D eigenvalue weighted by atomic mass is 9.80. The van der Waals surface area contributed by atoms with Gasteiger partial charge in [-0.3, -0.25) is 14.5 Å². The molecule has 1 N–H and O–H groups in total. The van der Waals surface area contributed by atoms with Gasteiger partial charge >= 0.3 is 0 Å². The molecule has 6 rings (SSSR count). The van der Waals surface area contributed by atoms with Gasteiger partial charge in [0.15, 0.2) is 0 Å². The summed E-state index contributed by atoms with van der Waals surface area (Å²) < 4.78 is 39.4. The van der Waals surface area contributed by atoms with E-state index in [0.717, 1.165) is 33.6 Å². The van der Waals surface area contributed by atoms with E-state index in [1.165, 1.54) is 78.9 Å². The Bertz CT molecular complexity index is 2200. The monoisotopic (exact) mass is 710 g/mol. The summed E-state index contributed by atoms with van der Waals surface area (Å²) in [6.45, 7) is 18.1. The van der Waals surface area contributed by atoms with Crippen molar-refractivity contribution in [1.29, 1.82) is 0 Å². The highest BCUT2D eigenvalue weighted by Gasteiger charge is 2.25. The topological polar surface area (TPSA) is 89.4 Å². The molecule has 0 aliphatic heterocycles. The lowest BCUT2D eigenvalue weighted by molar-refractivity contribution is 0.313. The number of aromatic nitrogens is 2. The molecule has 0 bridgehead atoms. The number of nitrogens with zero attached hydrogens (tertiary/aromatic N) is 2. The summed E-state index contributed by atoms with van der Waals surface area (Å²) in [5, 5.41) is 0. The molecule has 6 nitrogen and oxygen atoms in total. The molecule has 2 aromatic heterocycles. The molecule has 0 fully saturated rings. The molecule has 52 heavy (non-hydrogen) atoms. The highest BCUT2D eigenvalue weighted by Crippen LogP contribution is 2.48. The van der Waals surface area contributed by atoms with Crippen LogP contribution in [0.1, 0.15) is 56.5 Å².